The molecule has 0 bridgehead atoms. The average Bonchev–Trinajstić information content (AvgIpc) is 2.61. The van der Waals surface area contributed by atoms with Crippen LogP contribution in [0.3, 0.4) is 0 Å². The first-order valence-electron chi connectivity index (χ1n) is 8.59. The van der Waals surface area contributed by atoms with Gasteiger partial charge in [-0.15, -0.1) is 0 Å². The van der Waals surface area contributed by atoms with Crippen LogP contribution in [0.2, 0.25) is 10.0 Å². The number of rotatable bonds is 6. The van der Waals surface area contributed by atoms with Crippen LogP contribution in [0.5, 0.6) is 5.75 Å². The van der Waals surface area contributed by atoms with E-state index in [2.05, 4.69) is 37.4 Å². The Balaban J connectivity index is 1.70. The lowest BCUT2D eigenvalue weighted by molar-refractivity contribution is 0.300. The van der Waals surface area contributed by atoms with Crippen LogP contribution >= 0.6 is 23.2 Å². The summed E-state index contributed by atoms with van der Waals surface area (Å²) >= 11 is 12.7. The fraction of sp³-hybridized carbons (Fsp3) is 0.182. The van der Waals surface area contributed by atoms with Crippen LogP contribution in [-0.2, 0) is 13.2 Å². The highest BCUT2D eigenvalue weighted by atomic mass is 35.5. The van der Waals surface area contributed by atoms with Gasteiger partial charge in [-0.2, -0.15) is 0 Å². The summed E-state index contributed by atoms with van der Waals surface area (Å²) in [5, 5.41) is 4.19. The van der Waals surface area contributed by atoms with Gasteiger partial charge in [-0.1, -0.05) is 59.1 Å². The van der Waals surface area contributed by atoms with E-state index in [1.165, 1.54) is 17.2 Å². The molecule has 3 rings (SSSR count). The van der Waals surface area contributed by atoms with Crippen LogP contribution < -0.4 is 10.1 Å². The lowest BCUT2D eigenvalue weighted by atomic mass is 10.1. The summed E-state index contributed by atoms with van der Waals surface area (Å²) in [6.45, 7) is 4.77. The molecule has 3 aromatic carbocycles. The first-order valence-corrected chi connectivity index (χ1v) is 9.35. The van der Waals surface area contributed by atoms with Gasteiger partial charge in [-0.3, -0.25) is 0 Å². The normalized spacial score (nSPS) is 10.7. The quantitative estimate of drug-likeness (QED) is 0.481. The minimum absolute atomic E-state index is 0.0618. The Hall–Kier alpha value is -2.23. The van der Waals surface area contributed by atoms with E-state index in [0.29, 0.717) is 27.9 Å². The topological polar surface area (TPSA) is 21.3 Å². The number of halogens is 3. The van der Waals surface area contributed by atoms with E-state index in [1.54, 1.807) is 30.3 Å². The summed E-state index contributed by atoms with van der Waals surface area (Å²) in [4.78, 5) is 0. The van der Waals surface area contributed by atoms with E-state index in [9.17, 15) is 4.39 Å². The van der Waals surface area contributed by atoms with Crippen molar-refractivity contribution in [2.75, 3.05) is 5.32 Å². The van der Waals surface area contributed by atoms with Crippen LogP contribution in [-0.4, -0.2) is 0 Å². The molecule has 0 aliphatic carbocycles. The fourth-order valence-corrected chi connectivity index (χ4v) is 3.47. The fourth-order valence-electron chi connectivity index (χ4n) is 2.83. The summed E-state index contributed by atoms with van der Waals surface area (Å²) in [5.74, 6) is 0.0379. The second-order valence-corrected chi connectivity index (χ2v) is 7.26. The van der Waals surface area contributed by atoms with Crippen molar-refractivity contribution in [3.63, 3.8) is 0 Å². The van der Waals surface area contributed by atoms with E-state index in [-0.39, 0.29) is 12.4 Å². The molecule has 140 valence electrons. The van der Waals surface area contributed by atoms with Crippen LogP contribution in [0.15, 0.2) is 54.6 Å². The molecule has 5 heteroatoms. The highest BCUT2D eigenvalue weighted by Gasteiger charge is 2.12. The van der Waals surface area contributed by atoms with E-state index >= 15 is 0 Å². The van der Waals surface area contributed by atoms with Crippen molar-refractivity contribution in [3.05, 3.63) is 92.7 Å². The maximum atomic E-state index is 13.7. The largest absolute Gasteiger partial charge is 0.486 e. The van der Waals surface area contributed by atoms with Gasteiger partial charge in [0.05, 0.1) is 10.0 Å². The highest BCUT2D eigenvalue weighted by Crippen LogP contribution is 2.35. The first kappa shape index (κ1) is 19.5. The molecule has 0 heterocycles. The van der Waals surface area contributed by atoms with Gasteiger partial charge in [0.15, 0.2) is 5.75 Å². The molecule has 3 aromatic rings. The van der Waals surface area contributed by atoms with Gasteiger partial charge in [0.1, 0.15) is 12.4 Å². The van der Waals surface area contributed by atoms with Gasteiger partial charge in [0.2, 0.25) is 0 Å². The molecule has 0 radical (unpaired) electrons. The molecule has 0 atom stereocenters. The zero-order valence-corrected chi connectivity index (χ0v) is 16.7. The molecule has 0 saturated heterocycles. The number of benzene rings is 3. The standard InChI is InChI=1S/C22H20Cl2FNO/c1-14-7-8-21(15(2)9-14)26-12-16-10-18(23)22(19(24)11-16)27-13-17-5-3-4-6-20(17)25/h3-11,26H,12-13H2,1-2H3. The molecule has 27 heavy (non-hydrogen) atoms. The first-order chi connectivity index (χ1) is 12.9. The van der Waals surface area contributed by atoms with Gasteiger partial charge in [-0.05, 0) is 49.2 Å². The Morgan fingerprint density at radius 2 is 1.67 bits per heavy atom. The predicted octanol–water partition coefficient (Wildman–Crippen LogP) is 6.94. The van der Waals surface area contributed by atoms with E-state index in [4.69, 9.17) is 27.9 Å². The molecule has 0 fully saturated rings. The number of nitrogens with one attached hydrogen (secondary N) is 1. The number of anilines is 1. The Kier molecular flexibility index (Phi) is 6.25. The van der Waals surface area contributed by atoms with Crippen molar-refractivity contribution in [2.24, 2.45) is 0 Å². The predicted molar refractivity (Wildman–Crippen MR) is 110 cm³/mol. The minimum atomic E-state index is -0.320. The van der Waals surface area contributed by atoms with Crippen molar-refractivity contribution in [1.82, 2.24) is 0 Å². The molecule has 0 aliphatic heterocycles. The summed E-state index contributed by atoms with van der Waals surface area (Å²) in [5.41, 5.74) is 4.85. The zero-order valence-electron chi connectivity index (χ0n) is 15.2. The maximum Gasteiger partial charge on any atom is 0.156 e. The van der Waals surface area contributed by atoms with Crippen molar-refractivity contribution in [2.45, 2.75) is 27.0 Å². The second kappa shape index (κ2) is 8.64. The molecule has 0 saturated carbocycles. The Labute approximate surface area is 168 Å². The molecule has 0 spiro atoms. The molecule has 2 nitrogen and oxygen atoms in total. The van der Waals surface area contributed by atoms with Crippen LogP contribution in [0, 0.1) is 19.7 Å². The molecule has 0 aromatic heterocycles. The number of hydrogen-bond donors (Lipinski definition) is 1. The Morgan fingerprint density at radius 3 is 2.33 bits per heavy atom. The average molecular weight is 404 g/mol. The summed E-state index contributed by atoms with van der Waals surface area (Å²) in [6, 6.07) is 16.3. The Bertz CT molecular complexity index is 936. The molecule has 1 N–H and O–H groups in total. The SMILES string of the molecule is Cc1ccc(NCc2cc(Cl)c(OCc3ccccc3F)c(Cl)c2)c(C)c1. The third-order valence-electron chi connectivity index (χ3n) is 4.25. The summed E-state index contributed by atoms with van der Waals surface area (Å²) in [7, 11) is 0. The monoisotopic (exact) mass is 403 g/mol. The highest BCUT2D eigenvalue weighted by molar-refractivity contribution is 6.37. The lowest BCUT2D eigenvalue weighted by Crippen LogP contribution is -2.03. The molecule has 0 amide bonds. The third-order valence-corrected chi connectivity index (χ3v) is 4.81. The summed E-state index contributed by atoms with van der Waals surface area (Å²) < 4.78 is 19.4. The smallest absolute Gasteiger partial charge is 0.156 e. The molecular formula is C22H20Cl2FNO. The maximum absolute atomic E-state index is 13.7. The van der Waals surface area contributed by atoms with Crippen molar-refractivity contribution < 1.29 is 9.13 Å². The molecular weight excluding hydrogens is 384 g/mol. The summed E-state index contributed by atoms with van der Waals surface area (Å²) in [6.07, 6.45) is 0. The van der Waals surface area contributed by atoms with E-state index in [0.717, 1.165) is 11.3 Å². The van der Waals surface area contributed by atoms with Gasteiger partial charge < -0.3 is 10.1 Å². The van der Waals surface area contributed by atoms with Crippen LogP contribution in [0.25, 0.3) is 0 Å². The van der Waals surface area contributed by atoms with E-state index in [1.807, 2.05) is 0 Å². The lowest BCUT2D eigenvalue weighted by Gasteiger charge is -2.14. The molecule has 0 unspecified atom stereocenters. The van der Waals surface area contributed by atoms with Gasteiger partial charge in [0, 0.05) is 17.8 Å². The zero-order chi connectivity index (χ0) is 19.4. The van der Waals surface area contributed by atoms with Gasteiger partial charge >= 0.3 is 0 Å². The van der Waals surface area contributed by atoms with Crippen molar-refractivity contribution >= 4 is 28.9 Å². The van der Waals surface area contributed by atoms with Crippen LogP contribution in [0.1, 0.15) is 22.3 Å². The van der Waals surface area contributed by atoms with Gasteiger partial charge in [-0.25, -0.2) is 4.39 Å². The van der Waals surface area contributed by atoms with E-state index < -0.39 is 0 Å². The number of aryl methyl sites for hydroxylation is 2. The molecule has 0 aliphatic rings. The van der Waals surface area contributed by atoms with Crippen LogP contribution in [0.4, 0.5) is 10.1 Å². The van der Waals surface area contributed by atoms with Crippen molar-refractivity contribution in [1.29, 1.82) is 0 Å². The number of hydrogen-bond acceptors (Lipinski definition) is 2. The van der Waals surface area contributed by atoms with Crippen molar-refractivity contribution in [3.8, 4) is 5.75 Å². The number of ether oxygens (including phenoxy) is 1. The third kappa shape index (κ3) is 4.94. The Morgan fingerprint density at radius 1 is 0.963 bits per heavy atom. The second-order valence-electron chi connectivity index (χ2n) is 6.44. The van der Waals surface area contributed by atoms with Gasteiger partial charge in [0.25, 0.3) is 0 Å². The minimum Gasteiger partial charge on any atom is -0.486 e.